The van der Waals surface area contributed by atoms with Crippen LogP contribution in [0.25, 0.3) is 0 Å². The first-order valence-corrected chi connectivity index (χ1v) is 7.98. The molecule has 120 valence electrons. The molecule has 2 rings (SSSR count). The highest BCUT2D eigenvalue weighted by atomic mass is 35.5. The molecule has 0 saturated carbocycles. The Morgan fingerprint density at radius 3 is 2.30 bits per heavy atom. The van der Waals surface area contributed by atoms with Crippen LogP contribution in [-0.4, -0.2) is 19.4 Å². The number of para-hydroxylation sites is 2. The highest BCUT2D eigenvalue weighted by molar-refractivity contribution is 7.90. The van der Waals surface area contributed by atoms with Crippen LogP contribution in [0.4, 0.5) is 16.2 Å². The normalized spacial score (nSPS) is 10.8. The van der Waals surface area contributed by atoms with Crippen LogP contribution in [0, 0.1) is 10.1 Å². The van der Waals surface area contributed by atoms with E-state index in [0.29, 0.717) is 5.02 Å². The maximum absolute atomic E-state index is 12.0. The van der Waals surface area contributed by atoms with Gasteiger partial charge in [0.15, 0.2) is 0 Å². The number of carbonyl (C=O) groups excluding carboxylic acids is 1. The van der Waals surface area contributed by atoms with Gasteiger partial charge in [-0.2, -0.15) is 0 Å². The maximum atomic E-state index is 12.0. The Morgan fingerprint density at radius 1 is 1.09 bits per heavy atom. The number of amides is 2. The number of hydrogen-bond donors (Lipinski definition) is 2. The van der Waals surface area contributed by atoms with Gasteiger partial charge in [-0.3, -0.25) is 10.1 Å². The molecule has 0 aliphatic heterocycles. The summed E-state index contributed by atoms with van der Waals surface area (Å²) in [5, 5.41) is 13.3. The van der Waals surface area contributed by atoms with Crippen LogP contribution in [0.3, 0.4) is 0 Å². The van der Waals surface area contributed by atoms with E-state index in [-0.39, 0.29) is 16.3 Å². The standard InChI is InChI=1S/C13H10ClN3O5S/c14-9-5-7-10(8-6-9)23(21,22)16-13(18)15-11-3-1-2-4-12(11)17(19)20/h1-8H,(H2,15,16,18). The zero-order valence-electron chi connectivity index (χ0n) is 11.4. The van der Waals surface area contributed by atoms with Crippen molar-refractivity contribution in [2.75, 3.05) is 5.32 Å². The van der Waals surface area contributed by atoms with Gasteiger partial charge in [-0.1, -0.05) is 23.7 Å². The zero-order chi connectivity index (χ0) is 17.0. The largest absolute Gasteiger partial charge is 0.333 e. The Hall–Kier alpha value is -2.65. The van der Waals surface area contributed by atoms with Crippen molar-refractivity contribution in [2.45, 2.75) is 4.90 Å². The van der Waals surface area contributed by atoms with E-state index in [1.54, 1.807) is 4.72 Å². The molecule has 2 amide bonds. The predicted octanol–water partition coefficient (Wildman–Crippen LogP) is 2.76. The number of sulfonamides is 1. The molecule has 0 heterocycles. The topological polar surface area (TPSA) is 118 Å². The number of nitrogens with zero attached hydrogens (tertiary/aromatic N) is 1. The van der Waals surface area contributed by atoms with E-state index in [1.165, 1.54) is 48.5 Å². The summed E-state index contributed by atoms with van der Waals surface area (Å²) in [6.45, 7) is 0. The van der Waals surface area contributed by atoms with Gasteiger partial charge in [-0.15, -0.1) is 0 Å². The number of nitro benzene ring substituents is 1. The van der Waals surface area contributed by atoms with E-state index in [1.807, 2.05) is 0 Å². The first kappa shape index (κ1) is 16.7. The van der Waals surface area contributed by atoms with Gasteiger partial charge >= 0.3 is 6.03 Å². The third-order valence-electron chi connectivity index (χ3n) is 2.70. The molecule has 8 nitrogen and oxygen atoms in total. The van der Waals surface area contributed by atoms with Gasteiger partial charge in [0.05, 0.1) is 9.82 Å². The monoisotopic (exact) mass is 355 g/mol. The smallest absolute Gasteiger partial charge is 0.301 e. The minimum absolute atomic E-state index is 0.124. The molecule has 0 spiro atoms. The van der Waals surface area contributed by atoms with Crippen molar-refractivity contribution >= 4 is 39.0 Å². The molecular formula is C13H10ClN3O5S. The zero-order valence-corrected chi connectivity index (χ0v) is 13.0. The van der Waals surface area contributed by atoms with Gasteiger partial charge in [-0.05, 0) is 30.3 Å². The van der Waals surface area contributed by atoms with Gasteiger partial charge in [-0.25, -0.2) is 17.9 Å². The summed E-state index contributed by atoms with van der Waals surface area (Å²) in [5.41, 5.74) is -0.479. The first-order chi connectivity index (χ1) is 10.8. The minimum atomic E-state index is -4.12. The second kappa shape index (κ2) is 6.63. The second-order valence-corrected chi connectivity index (χ2v) is 6.41. The summed E-state index contributed by atoms with van der Waals surface area (Å²) in [7, 11) is -4.12. The SMILES string of the molecule is O=C(Nc1ccccc1[N+](=O)[O-])NS(=O)(=O)c1ccc(Cl)cc1. The number of rotatable bonds is 4. The summed E-state index contributed by atoms with van der Waals surface area (Å²) in [6.07, 6.45) is 0. The van der Waals surface area contributed by atoms with Crippen molar-refractivity contribution in [3.63, 3.8) is 0 Å². The number of benzene rings is 2. The molecule has 2 aromatic rings. The van der Waals surface area contributed by atoms with Crippen molar-refractivity contribution in [2.24, 2.45) is 0 Å². The molecule has 0 aliphatic rings. The molecule has 2 aromatic carbocycles. The molecule has 0 radical (unpaired) electrons. The van der Waals surface area contributed by atoms with E-state index < -0.39 is 21.0 Å². The first-order valence-electron chi connectivity index (χ1n) is 6.12. The summed E-state index contributed by atoms with van der Waals surface area (Å²) in [6, 6.07) is 9.41. The van der Waals surface area contributed by atoms with Crippen LogP contribution in [0.1, 0.15) is 0 Å². The third-order valence-corrected chi connectivity index (χ3v) is 4.30. The number of nitrogens with one attached hydrogen (secondary N) is 2. The number of urea groups is 1. The average molecular weight is 356 g/mol. The highest BCUT2D eigenvalue weighted by Gasteiger charge is 2.20. The Bertz CT molecular complexity index is 852. The fourth-order valence-corrected chi connectivity index (χ4v) is 2.71. The molecule has 0 atom stereocenters. The number of hydrogen-bond acceptors (Lipinski definition) is 5. The van der Waals surface area contributed by atoms with E-state index in [2.05, 4.69) is 5.32 Å². The van der Waals surface area contributed by atoms with Gasteiger partial charge < -0.3 is 5.32 Å². The van der Waals surface area contributed by atoms with Crippen molar-refractivity contribution in [3.05, 3.63) is 63.7 Å². The highest BCUT2D eigenvalue weighted by Crippen LogP contribution is 2.23. The Labute approximate surface area is 136 Å². The predicted molar refractivity (Wildman–Crippen MR) is 83.9 cm³/mol. The number of anilines is 1. The molecular weight excluding hydrogens is 346 g/mol. The molecule has 0 fully saturated rings. The van der Waals surface area contributed by atoms with Crippen LogP contribution in [0.15, 0.2) is 53.4 Å². The van der Waals surface area contributed by atoms with E-state index >= 15 is 0 Å². The molecule has 2 N–H and O–H groups in total. The fourth-order valence-electron chi connectivity index (χ4n) is 1.68. The van der Waals surface area contributed by atoms with E-state index in [4.69, 9.17) is 11.6 Å². The molecule has 0 aromatic heterocycles. The van der Waals surface area contributed by atoms with Gasteiger partial charge in [0.1, 0.15) is 5.69 Å². The minimum Gasteiger partial charge on any atom is -0.301 e. The summed E-state index contributed by atoms with van der Waals surface area (Å²) in [5.74, 6) is 0. The second-order valence-electron chi connectivity index (χ2n) is 4.29. The van der Waals surface area contributed by atoms with Gasteiger partial charge in [0.25, 0.3) is 15.7 Å². The molecule has 0 aliphatic carbocycles. The molecule has 23 heavy (non-hydrogen) atoms. The molecule has 10 heteroatoms. The average Bonchev–Trinajstić information content (AvgIpc) is 2.47. The maximum Gasteiger partial charge on any atom is 0.333 e. The number of nitro groups is 1. The van der Waals surface area contributed by atoms with Crippen LogP contribution in [-0.2, 0) is 10.0 Å². The van der Waals surface area contributed by atoms with E-state index in [9.17, 15) is 23.3 Å². The van der Waals surface area contributed by atoms with Crippen LogP contribution in [0.2, 0.25) is 5.02 Å². The molecule has 0 unspecified atom stereocenters. The molecule has 0 bridgehead atoms. The van der Waals surface area contributed by atoms with Crippen LogP contribution >= 0.6 is 11.6 Å². The summed E-state index contributed by atoms with van der Waals surface area (Å²) < 4.78 is 25.8. The quantitative estimate of drug-likeness (QED) is 0.645. The van der Waals surface area contributed by atoms with Crippen molar-refractivity contribution in [1.29, 1.82) is 0 Å². The van der Waals surface area contributed by atoms with Crippen molar-refractivity contribution in [1.82, 2.24) is 4.72 Å². The van der Waals surface area contributed by atoms with Crippen molar-refractivity contribution in [3.8, 4) is 0 Å². The lowest BCUT2D eigenvalue weighted by atomic mass is 10.3. The lowest BCUT2D eigenvalue weighted by molar-refractivity contribution is -0.383. The summed E-state index contributed by atoms with van der Waals surface area (Å²) in [4.78, 5) is 21.8. The van der Waals surface area contributed by atoms with Gasteiger partial charge in [0.2, 0.25) is 0 Å². The third kappa shape index (κ3) is 4.18. The summed E-state index contributed by atoms with van der Waals surface area (Å²) >= 11 is 5.66. The van der Waals surface area contributed by atoms with Gasteiger partial charge in [0, 0.05) is 11.1 Å². The van der Waals surface area contributed by atoms with Crippen LogP contribution < -0.4 is 10.0 Å². The Balaban J connectivity index is 2.16. The van der Waals surface area contributed by atoms with Crippen LogP contribution in [0.5, 0.6) is 0 Å². The molecule has 0 saturated heterocycles. The van der Waals surface area contributed by atoms with E-state index in [0.717, 1.165) is 0 Å². The lowest BCUT2D eigenvalue weighted by Crippen LogP contribution is -2.34. The fraction of sp³-hybridized carbons (Fsp3) is 0. The lowest BCUT2D eigenvalue weighted by Gasteiger charge is -2.09. The van der Waals surface area contributed by atoms with Crippen molar-refractivity contribution < 1.29 is 18.1 Å². The Morgan fingerprint density at radius 2 is 1.70 bits per heavy atom. The number of carbonyl (C=O) groups is 1. The Kier molecular flexibility index (Phi) is 4.82. The number of halogens is 1.